The molecule has 33 heavy (non-hydrogen) atoms. The maximum Gasteiger partial charge on any atom is 0.442 e. The van der Waals surface area contributed by atoms with Gasteiger partial charge in [-0.3, -0.25) is 4.79 Å². The van der Waals surface area contributed by atoms with Crippen LogP contribution in [-0.4, -0.2) is 42.4 Å². The van der Waals surface area contributed by atoms with Crippen molar-refractivity contribution in [3.63, 3.8) is 0 Å². The molecule has 1 atom stereocenters. The molecule has 2 aromatic carbocycles. The van der Waals surface area contributed by atoms with E-state index in [1.807, 2.05) is 26.0 Å². The molecule has 1 amide bonds. The van der Waals surface area contributed by atoms with Crippen LogP contribution in [-0.2, 0) is 14.3 Å². The number of hydrogen-bond acceptors (Lipinski definition) is 7. The Bertz CT molecular complexity index is 1130. The molecule has 1 aromatic heterocycles. The van der Waals surface area contributed by atoms with Crippen molar-refractivity contribution in [3.05, 3.63) is 54.1 Å². The molecule has 176 valence electrons. The van der Waals surface area contributed by atoms with Gasteiger partial charge in [0.05, 0.1) is 17.3 Å². The molecule has 3 rings (SSSR count). The second kappa shape index (κ2) is 9.65. The number of rotatable bonds is 8. The lowest BCUT2D eigenvalue weighted by Crippen LogP contribution is -2.69. The van der Waals surface area contributed by atoms with Crippen molar-refractivity contribution >= 4 is 38.6 Å². The van der Waals surface area contributed by atoms with Crippen LogP contribution < -0.4 is 15.4 Å². The number of nitrogens with one attached hydrogen (secondary N) is 2. The zero-order valence-corrected chi connectivity index (χ0v) is 18.8. The number of ether oxygens (including phenoxy) is 2. The maximum absolute atomic E-state index is 14.2. The molecular formula is C22H22F3N3O4S. The molecule has 0 saturated carbocycles. The first-order chi connectivity index (χ1) is 15.6. The summed E-state index contributed by atoms with van der Waals surface area (Å²) in [4.78, 5) is 28.9. The molecule has 0 saturated heterocycles. The van der Waals surface area contributed by atoms with Gasteiger partial charge in [-0.25, -0.2) is 9.78 Å². The summed E-state index contributed by atoms with van der Waals surface area (Å²) in [6, 6.07) is 13.4. The second-order valence-corrected chi connectivity index (χ2v) is 8.45. The van der Waals surface area contributed by atoms with Gasteiger partial charge in [0.25, 0.3) is 5.91 Å². The Kier molecular flexibility index (Phi) is 7.11. The van der Waals surface area contributed by atoms with Crippen LogP contribution in [0.25, 0.3) is 10.2 Å². The summed E-state index contributed by atoms with van der Waals surface area (Å²) >= 11 is 0.924. The van der Waals surface area contributed by atoms with E-state index >= 15 is 0 Å². The zero-order valence-electron chi connectivity index (χ0n) is 18.0. The standard InChI is InChI=1S/C22H22F3N3O4S/c1-13(2)14-9-10-16-17(11-14)33-20(26-16)28-21(19(30)31-3,22(23,24)25)27-18(29)12-32-15-7-5-4-6-8-15/h4-11,13H,12H2,1-3H3,(H,26,28)(H,27,29). The van der Waals surface area contributed by atoms with Crippen molar-refractivity contribution in [1.29, 1.82) is 0 Å². The third kappa shape index (κ3) is 5.36. The summed E-state index contributed by atoms with van der Waals surface area (Å²) in [6.07, 6.45) is -5.26. The van der Waals surface area contributed by atoms with Gasteiger partial charge in [0.1, 0.15) is 5.75 Å². The fraction of sp³-hybridized carbons (Fsp3) is 0.318. The number of amides is 1. The number of thiazole rings is 1. The van der Waals surface area contributed by atoms with Gasteiger partial charge >= 0.3 is 17.8 Å². The fourth-order valence-electron chi connectivity index (χ4n) is 2.97. The first-order valence-corrected chi connectivity index (χ1v) is 10.7. The average Bonchev–Trinajstić information content (AvgIpc) is 3.17. The van der Waals surface area contributed by atoms with Crippen LogP contribution in [0, 0.1) is 0 Å². The lowest BCUT2D eigenvalue weighted by atomic mass is 10.0. The number of methoxy groups -OCH3 is 1. The normalized spacial score (nSPS) is 13.4. The van der Waals surface area contributed by atoms with Gasteiger partial charge in [0.2, 0.25) is 0 Å². The SMILES string of the molecule is COC(=O)C(NC(=O)COc1ccccc1)(Nc1nc2ccc(C(C)C)cc2s1)C(F)(F)F. The number of alkyl halides is 3. The molecule has 3 aromatic rings. The highest BCUT2D eigenvalue weighted by Crippen LogP contribution is 2.36. The van der Waals surface area contributed by atoms with Crippen molar-refractivity contribution in [2.45, 2.75) is 31.6 Å². The van der Waals surface area contributed by atoms with Gasteiger partial charge in [-0.15, -0.1) is 0 Å². The van der Waals surface area contributed by atoms with E-state index in [-0.39, 0.29) is 16.8 Å². The summed E-state index contributed by atoms with van der Waals surface area (Å²) in [6.45, 7) is 3.22. The lowest BCUT2D eigenvalue weighted by molar-refractivity contribution is -0.206. The van der Waals surface area contributed by atoms with Gasteiger partial charge in [-0.2, -0.15) is 13.2 Å². The molecule has 0 aliphatic carbocycles. The number of carbonyl (C=O) groups excluding carboxylic acids is 2. The highest BCUT2D eigenvalue weighted by molar-refractivity contribution is 7.22. The molecule has 0 fully saturated rings. The molecule has 0 radical (unpaired) electrons. The van der Waals surface area contributed by atoms with Crippen LogP contribution in [0.2, 0.25) is 0 Å². The number of benzene rings is 2. The fourth-order valence-corrected chi connectivity index (χ4v) is 3.94. The van der Waals surface area contributed by atoms with Crippen LogP contribution in [0.3, 0.4) is 0 Å². The highest BCUT2D eigenvalue weighted by atomic mass is 32.1. The Morgan fingerprint density at radius 2 is 1.82 bits per heavy atom. The number of para-hydroxylation sites is 1. The van der Waals surface area contributed by atoms with Crippen LogP contribution in [0.15, 0.2) is 48.5 Å². The lowest BCUT2D eigenvalue weighted by Gasteiger charge is -2.33. The Balaban J connectivity index is 1.91. The molecule has 0 bridgehead atoms. The quantitative estimate of drug-likeness (QED) is 0.365. The molecule has 11 heteroatoms. The maximum atomic E-state index is 14.2. The third-order valence-electron chi connectivity index (χ3n) is 4.73. The number of nitrogens with zero attached hydrogens (tertiary/aromatic N) is 1. The minimum Gasteiger partial charge on any atom is -0.484 e. The number of halogens is 3. The average molecular weight is 481 g/mol. The van der Waals surface area contributed by atoms with Gasteiger partial charge < -0.3 is 20.1 Å². The van der Waals surface area contributed by atoms with E-state index in [4.69, 9.17) is 4.74 Å². The number of anilines is 1. The van der Waals surface area contributed by atoms with E-state index in [9.17, 15) is 22.8 Å². The monoisotopic (exact) mass is 481 g/mol. The molecular weight excluding hydrogens is 459 g/mol. The molecule has 2 N–H and O–H groups in total. The van der Waals surface area contributed by atoms with Crippen molar-refractivity contribution in [2.24, 2.45) is 0 Å². The zero-order chi connectivity index (χ0) is 24.2. The Morgan fingerprint density at radius 3 is 2.42 bits per heavy atom. The van der Waals surface area contributed by atoms with E-state index in [1.54, 1.807) is 29.6 Å². The van der Waals surface area contributed by atoms with E-state index in [0.29, 0.717) is 10.2 Å². The van der Waals surface area contributed by atoms with Crippen LogP contribution in [0.4, 0.5) is 18.3 Å². The van der Waals surface area contributed by atoms with E-state index in [1.165, 1.54) is 12.1 Å². The number of fused-ring (bicyclic) bond motifs is 1. The van der Waals surface area contributed by atoms with Gasteiger partial charge in [0.15, 0.2) is 11.7 Å². The number of hydrogen-bond donors (Lipinski definition) is 2. The third-order valence-corrected chi connectivity index (χ3v) is 5.66. The topological polar surface area (TPSA) is 89.5 Å². The smallest absolute Gasteiger partial charge is 0.442 e. The Morgan fingerprint density at radius 1 is 1.12 bits per heavy atom. The number of esters is 1. The van der Waals surface area contributed by atoms with Crippen molar-refractivity contribution in [2.75, 3.05) is 19.0 Å². The van der Waals surface area contributed by atoms with Crippen molar-refractivity contribution < 1.29 is 32.2 Å². The summed E-state index contributed by atoms with van der Waals surface area (Å²) in [5.74, 6) is -2.44. The molecule has 1 unspecified atom stereocenters. The summed E-state index contributed by atoms with van der Waals surface area (Å²) in [5.41, 5.74) is -2.13. The number of aromatic nitrogens is 1. The summed E-state index contributed by atoms with van der Waals surface area (Å²) < 4.78 is 52.8. The molecule has 7 nitrogen and oxygen atoms in total. The van der Waals surface area contributed by atoms with Crippen molar-refractivity contribution in [3.8, 4) is 5.75 Å². The molecule has 1 heterocycles. The van der Waals surface area contributed by atoms with Crippen LogP contribution in [0.1, 0.15) is 25.3 Å². The van der Waals surface area contributed by atoms with E-state index in [0.717, 1.165) is 24.0 Å². The van der Waals surface area contributed by atoms with Gasteiger partial charge in [0, 0.05) is 0 Å². The van der Waals surface area contributed by atoms with E-state index in [2.05, 4.69) is 15.0 Å². The molecule has 0 spiro atoms. The van der Waals surface area contributed by atoms with Crippen LogP contribution >= 0.6 is 11.3 Å². The summed E-state index contributed by atoms with van der Waals surface area (Å²) in [7, 11) is 0.796. The van der Waals surface area contributed by atoms with Crippen molar-refractivity contribution in [1.82, 2.24) is 10.3 Å². The minimum atomic E-state index is -5.26. The second-order valence-electron chi connectivity index (χ2n) is 7.42. The Hall–Kier alpha value is -3.34. The first-order valence-electron chi connectivity index (χ1n) is 9.88. The number of carbonyl (C=O) groups is 2. The highest BCUT2D eigenvalue weighted by Gasteiger charge is 2.64. The predicted octanol–water partition coefficient (Wildman–Crippen LogP) is 4.46. The predicted molar refractivity (Wildman–Crippen MR) is 118 cm³/mol. The van der Waals surface area contributed by atoms with E-state index < -0.39 is 30.3 Å². The first kappa shape index (κ1) is 24.3. The largest absolute Gasteiger partial charge is 0.484 e. The van der Waals surface area contributed by atoms with Gasteiger partial charge in [-0.05, 0) is 35.7 Å². The summed E-state index contributed by atoms with van der Waals surface area (Å²) in [5, 5.41) is 3.57. The van der Waals surface area contributed by atoms with Gasteiger partial charge in [-0.1, -0.05) is 49.4 Å². The molecule has 0 aliphatic rings. The van der Waals surface area contributed by atoms with Crippen LogP contribution in [0.5, 0.6) is 5.75 Å². The molecule has 0 aliphatic heterocycles. The minimum absolute atomic E-state index is 0.209. The Labute approximate surface area is 191 Å².